The van der Waals surface area contributed by atoms with Crippen molar-refractivity contribution in [3.8, 4) is 0 Å². The van der Waals surface area contributed by atoms with Crippen molar-refractivity contribution in [2.45, 2.75) is 63.8 Å². The average Bonchev–Trinajstić information content (AvgIpc) is 2.23. The van der Waals surface area contributed by atoms with E-state index in [0.717, 1.165) is 32.1 Å². The molecule has 6 heteroatoms. The molecule has 18 heavy (non-hydrogen) atoms. The summed E-state index contributed by atoms with van der Waals surface area (Å²) in [6.07, 6.45) is 6.28. The number of carboxylic acid groups (broad SMARTS) is 2. The molecule has 0 aliphatic rings. The Balaban J connectivity index is 0. The summed E-state index contributed by atoms with van der Waals surface area (Å²) in [6.45, 7) is 0. The van der Waals surface area contributed by atoms with Gasteiger partial charge in [0.1, 0.15) is 0 Å². The van der Waals surface area contributed by atoms with Crippen LogP contribution in [0.3, 0.4) is 0 Å². The van der Waals surface area contributed by atoms with E-state index >= 15 is 0 Å². The van der Waals surface area contributed by atoms with E-state index in [-0.39, 0.29) is 31.3 Å². The smallest absolute Gasteiger partial charge is 0.303 e. The Kier molecular flexibility index (Phi) is 13.7. The Morgan fingerprint density at radius 1 is 0.833 bits per heavy atom. The zero-order chi connectivity index (χ0) is 13.1. The van der Waals surface area contributed by atoms with Gasteiger partial charge in [-0.05, 0) is 25.7 Å². The molecule has 0 rings (SSSR count). The second-order valence-corrected chi connectivity index (χ2v) is 4.39. The normalized spacial score (nSPS) is 11.6. The van der Waals surface area contributed by atoms with Crippen molar-refractivity contribution in [2.24, 2.45) is 5.73 Å². The van der Waals surface area contributed by atoms with Crippen LogP contribution in [-0.4, -0.2) is 28.2 Å². The molecule has 0 saturated heterocycles. The summed E-state index contributed by atoms with van der Waals surface area (Å²) in [5.41, 5.74) is 5.87. The Morgan fingerprint density at radius 3 is 1.67 bits per heavy atom. The van der Waals surface area contributed by atoms with Gasteiger partial charge in [-0.15, -0.1) is 12.4 Å². The first-order valence-electron chi connectivity index (χ1n) is 6.21. The zero-order valence-electron chi connectivity index (χ0n) is 10.6. The van der Waals surface area contributed by atoms with Crippen LogP contribution in [0.1, 0.15) is 57.8 Å². The third kappa shape index (κ3) is 15.2. The van der Waals surface area contributed by atoms with E-state index in [1.807, 2.05) is 0 Å². The zero-order valence-corrected chi connectivity index (χ0v) is 11.5. The topological polar surface area (TPSA) is 101 Å². The highest BCUT2D eigenvalue weighted by atomic mass is 35.5. The van der Waals surface area contributed by atoms with Crippen LogP contribution in [0.2, 0.25) is 0 Å². The highest BCUT2D eigenvalue weighted by molar-refractivity contribution is 5.85. The summed E-state index contributed by atoms with van der Waals surface area (Å²) in [6, 6.07) is 0.119. The van der Waals surface area contributed by atoms with Crippen molar-refractivity contribution in [1.82, 2.24) is 0 Å². The number of nitrogens with two attached hydrogens (primary N) is 1. The Morgan fingerprint density at radius 2 is 1.22 bits per heavy atom. The lowest BCUT2D eigenvalue weighted by molar-refractivity contribution is -0.138. The maximum atomic E-state index is 10.3. The number of carbonyl (C=O) groups is 2. The predicted octanol–water partition coefficient (Wildman–Crippen LogP) is 2.42. The van der Waals surface area contributed by atoms with Crippen LogP contribution >= 0.6 is 12.4 Å². The first-order chi connectivity index (χ1) is 8.02. The number of halogens is 1. The van der Waals surface area contributed by atoms with Gasteiger partial charge in [-0.3, -0.25) is 9.59 Å². The number of aliphatic carboxylic acids is 2. The fourth-order valence-electron chi connectivity index (χ4n) is 1.69. The molecule has 1 unspecified atom stereocenters. The number of hydrogen-bond donors (Lipinski definition) is 3. The lowest BCUT2D eigenvalue weighted by Crippen LogP contribution is -2.19. The minimum absolute atomic E-state index is 0. The maximum absolute atomic E-state index is 10.3. The third-order valence-corrected chi connectivity index (χ3v) is 2.68. The Hall–Kier alpha value is -0.810. The maximum Gasteiger partial charge on any atom is 0.303 e. The lowest BCUT2D eigenvalue weighted by Gasteiger charge is -2.10. The standard InChI is InChI=1S/C12H23NO4.ClH/c13-10(7-4-5-9-12(16)17)6-2-1-3-8-11(14)15;/h10H,1-9,13H2,(H,14,15)(H,16,17);1H. The van der Waals surface area contributed by atoms with Gasteiger partial charge < -0.3 is 15.9 Å². The van der Waals surface area contributed by atoms with Crippen LogP contribution in [0.25, 0.3) is 0 Å². The molecule has 4 N–H and O–H groups in total. The molecule has 0 bridgehead atoms. The fourth-order valence-corrected chi connectivity index (χ4v) is 1.69. The average molecular weight is 282 g/mol. The molecule has 0 aromatic carbocycles. The van der Waals surface area contributed by atoms with Crippen LogP contribution in [0, 0.1) is 0 Å². The van der Waals surface area contributed by atoms with Gasteiger partial charge >= 0.3 is 11.9 Å². The molecule has 1 atom stereocenters. The van der Waals surface area contributed by atoms with Crippen molar-refractivity contribution in [1.29, 1.82) is 0 Å². The fraction of sp³-hybridized carbons (Fsp3) is 0.833. The molecule has 5 nitrogen and oxygen atoms in total. The second-order valence-electron chi connectivity index (χ2n) is 4.39. The summed E-state index contributed by atoms with van der Waals surface area (Å²) >= 11 is 0. The van der Waals surface area contributed by atoms with Gasteiger partial charge in [-0.25, -0.2) is 0 Å². The van der Waals surface area contributed by atoms with E-state index in [4.69, 9.17) is 15.9 Å². The summed E-state index contributed by atoms with van der Waals surface area (Å²) in [5, 5.41) is 16.9. The molecule has 0 heterocycles. The highest BCUT2D eigenvalue weighted by Crippen LogP contribution is 2.10. The number of carboxylic acids is 2. The van der Waals surface area contributed by atoms with Crippen molar-refractivity contribution in [3.05, 3.63) is 0 Å². The Bertz CT molecular complexity index is 236. The monoisotopic (exact) mass is 281 g/mol. The molecule has 0 fully saturated rings. The molecular weight excluding hydrogens is 258 g/mol. The Labute approximate surface area is 114 Å². The summed E-state index contributed by atoms with van der Waals surface area (Å²) in [5.74, 6) is -1.50. The highest BCUT2D eigenvalue weighted by Gasteiger charge is 2.04. The van der Waals surface area contributed by atoms with E-state index in [9.17, 15) is 9.59 Å². The molecule has 0 saturated carbocycles. The first-order valence-corrected chi connectivity index (χ1v) is 6.21. The van der Waals surface area contributed by atoms with Crippen LogP contribution in [0.5, 0.6) is 0 Å². The van der Waals surface area contributed by atoms with E-state index in [1.54, 1.807) is 0 Å². The van der Waals surface area contributed by atoms with E-state index < -0.39 is 11.9 Å². The molecule has 0 amide bonds. The molecular formula is C12H24ClNO4. The molecule has 0 spiro atoms. The van der Waals surface area contributed by atoms with Gasteiger partial charge in [0.2, 0.25) is 0 Å². The van der Waals surface area contributed by atoms with Crippen LogP contribution in [0.4, 0.5) is 0 Å². The second kappa shape index (κ2) is 12.6. The van der Waals surface area contributed by atoms with Crippen molar-refractivity contribution in [3.63, 3.8) is 0 Å². The quantitative estimate of drug-likeness (QED) is 0.505. The lowest BCUT2D eigenvalue weighted by atomic mass is 10.0. The summed E-state index contributed by atoms with van der Waals surface area (Å²) in [4.78, 5) is 20.5. The SMILES string of the molecule is Cl.NC(CCCCCC(=O)O)CCCCC(=O)O. The van der Waals surface area contributed by atoms with Crippen LogP contribution in [-0.2, 0) is 9.59 Å². The summed E-state index contributed by atoms with van der Waals surface area (Å²) in [7, 11) is 0. The largest absolute Gasteiger partial charge is 0.481 e. The van der Waals surface area contributed by atoms with Crippen LogP contribution in [0.15, 0.2) is 0 Å². The molecule has 0 aliphatic heterocycles. The number of rotatable bonds is 11. The van der Waals surface area contributed by atoms with Gasteiger partial charge in [0, 0.05) is 18.9 Å². The van der Waals surface area contributed by atoms with Gasteiger partial charge in [-0.2, -0.15) is 0 Å². The number of unbranched alkanes of at least 4 members (excludes halogenated alkanes) is 3. The minimum Gasteiger partial charge on any atom is -0.481 e. The van der Waals surface area contributed by atoms with Gasteiger partial charge in [0.05, 0.1) is 0 Å². The van der Waals surface area contributed by atoms with E-state index in [1.165, 1.54) is 0 Å². The van der Waals surface area contributed by atoms with Crippen molar-refractivity contribution in [2.75, 3.05) is 0 Å². The van der Waals surface area contributed by atoms with Gasteiger partial charge in [-0.1, -0.05) is 19.3 Å². The molecule has 108 valence electrons. The van der Waals surface area contributed by atoms with Crippen molar-refractivity contribution >= 4 is 24.3 Å². The molecule has 0 radical (unpaired) electrons. The van der Waals surface area contributed by atoms with Crippen LogP contribution < -0.4 is 5.73 Å². The van der Waals surface area contributed by atoms with Gasteiger partial charge in [0.15, 0.2) is 0 Å². The third-order valence-electron chi connectivity index (χ3n) is 2.68. The molecule has 0 aromatic rings. The first kappa shape index (κ1) is 19.5. The van der Waals surface area contributed by atoms with Gasteiger partial charge in [0.25, 0.3) is 0 Å². The summed E-state index contributed by atoms with van der Waals surface area (Å²) < 4.78 is 0. The predicted molar refractivity (Wildman–Crippen MR) is 72.0 cm³/mol. The number of hydrogen-bond acceptors (Lipinski definition) is 3. The van der Waals surface area contributed by atoms with Crippen molar-refractivity contribution < 1.29 is 19.8 Å². The minimum atomic E-state index is -0.757. The van der Waals surface area contributed by atoms with E-state index in [2.05, 4.69) is 0 Å². The van der Waals surface area contributed by atoms with E-state index in [0.29, 0.717) is 12.8 Å². The molecule has 0 aliphatic carbocycles. The molecule has 0 aromatic heterocycles.